The molecular formula is C44H53Cl2N7O6. The van der Waals surface area contributed by atoms with Crippen molar-refractivity contribution >= 4 is 41.0 Å². The molecule has 0 aliphatic heterocycles. The van der Waals surface area contributed by atoms with E-state index in [-0.39, 0.29) is 5.56 Å². The lowest BCUT2D eigenvalue weighted by Gasteiger charge is -2.21. The molecule has 3 heterocycles. The summed E-state index contributed by atoms with van der Waals surface area (Å²) in [6.07, 6.45) is 2.35. The Balaban J connectivity index is 1.30. The minimum absolute atomic E-state index is 0.185. The highest BCUT2D eigenvalue weighted by Crippen LogP contribution is 2.42. The molecule has 2 N–H and O–H groups in total. The zero-order valence-electron chi connectivity index (χ0n) is 35.1. The van der Waals surface area contributed by atoms with Crippen LogP contribution in [0, 0.1) is 0 Å². The first-order valence-electron chi connectivity index (χ1n) is 19.3. The zero-order chi connectivity index (χ0) is 43.1. The highest BCUT2D eigenvalue weighted by atomic mass is 35.5. The van der Waals surface area contributed by atoms with Gasteiger partial charge in [-0.15, -0.1) is 0 Å². The first-order valence-corrected chi connectivity index (χ1v) is 20.0. The van der Waals surface area contributed by atoms with Crippen LogP contribution in [0.25, 0.3) is 39.2 Å². The Labute approximate surface area is 355 Å². The Bertz CT molecular complexity index is 2360. The highest BCUT2D eigenvalue weighted by molar-refractivity contribution is 6.39. The van der Waals surface area contributed by atoms with Crippen molar-refractivity contribution in [1.29, 1.82) is 0 Å². The molecule has 5 aromatic rings. The third kappa shape index (κ3) is 12.2. The number of pyridine rings is 2. The molecule has 0 aliphatic rings. The van der Waals surface area contributed by atoms with Crippen LogP contribution in [0.15, 0.2) is 77.9 Å². The molecule has 314 valence electrons. The van der Waals surface area contributed by atoms with Gasteiger partial charge >= 0.3 is 12.2 Å². The maximum absolute atomic E-state index is 13.5. The maximum atomic E-state index is 13.5. The molecule has 13 nitrogen and oxygen atoms in total. The van der Waals surface area contributed by atoms with Crippen LogP contribution in [0.5, 0.6) is 5.88 Å². The predicted octanol–water partition coefficient (Wildman–Crippen LogP) is 8.32. The molecule has 0 radical (unpaired) electrons. The summed E-state index contributed by atoms with van der Waals surface area (Å²) in [5, 5.41) is 6.48. The number of rotatable bonds is 14. The Kier molecular flexibility index (Phi) is 14.6. The van der Waals surface area contributed by atoms with Gasteiger partial charge in [-0.25, -0.2) is 19.6 Å². The van der Waals surface area contributed by atoms with Crippen LogP contribution in [0.2, 0.25) is 10.0 Å². The van der Waals surface area contributed by atoms with Gasteiger partial charge in [-0.05, 0) is 79.4 Å². The van der Waals surface area contributed by atoms with Crippen molar-refractivity contribution in [2.24, 2.45) is 0 Å². The lowest BCUT2D eigenvalue weighted by Crippen LogP contribution is -2.37. The number of alkyl carbamates (subject to hydrolysis) is 2. The first kappa shape index (κ1) is 44.9. The van der Waals surface area contributed by atoms with E-state index in [1.165, 1.54) is 4.40 Å². The Morgan fingerprint density at radius 2 is 1.27 bits per heavy atom. The Morgan fingerprint density at radius 1 is 0.746 bits per heavy atom. The summed E-state index contributed by atoms with van der Waals surface area (Å²) in [6, 6.07) is 19.0. The lowest BCUT2D eigenvalue weighted by molar-refractivity contribution is 0.0511. The number of likely N-dealkylation sites (N-methyl/N-ethyl adjacent to an activating group) is 2. The average Bonchev–Trinajstić information content (AvgIpc) is 3.15. The van der Waals surface area contributed by atoms with Crippen molar-refractivity contribution in [2.45, 2.75) is 65.8 Å². The van der Waals surface area contributed by atoms with E-state index in [1.54, 1.807) is 19.5 Å². The van der Waals surface area contributed by atoms with Crippen molar-refractivity contribution in [3.63, 3.8) is 0 Å². The third-order valence-corrected chi connectivity index (χ3v) is 9.81. The summed E-state index contributed by atoms with van der Waals surface area (Å²) >= 11 is 14.3. The van der Waals surface area contributed by atoms with E-state index in [9.17, 15) is 14.4 Å². The molecule has 5 rings (SSSR count). The van der Waals surface area contributed by atoms with Crippen molar-refractivity contribution in [1.82, 2.24) is 34.8 Å². The number of nitrogens with one attached hydrogen (secondary N) is 2. The fourth-order valence-electron chi connectivity index (χ4n) is 6.27. The van der Waals surface area contributed by atoms with E-state index in [2.05, 4.69) is 20.5 Å². The van der Waals surface area contributed by atoms with Gasteiger partial charge in [0.25, 0.3) is 5.56 Å². The van der Waals surface area contributed by atoms with E-state index in [0.717, 1.165) is 27.8 Å². The van der Waals surface area contributed by atoms with Crippen LogP contribution in [0.3, 0.4) is 0 Å². The predicted molar refractivity (Wildman–Crippen MR) is 233 cm³/mol. The van der Waals surface area contributed by atoms with Crippen LogP contribution >= 0.6 is 23.2 Å². The molecule has 0 aliphatic carbocycles. The molecule has 0 spiro atoms. The molecule has 2 amide bonds. The average molecular weight is 847 g/mol. The number of hydrogen-bond acceptors (Lipinski definition) is 10. The second-order valence-electron chi connectivity index (χ2n) is 16.3. The largest absolute Gasteiger partial charge is 0.481 e. The Hall–Kier alpha value is -5.21. The van der Waals surface area contributed by atoms with Gasteiger partial charge in [0.15, 0.2) is 0 Å². The van der Waals surface area contributed by atoms with Crippen molar-refractivity contribution in [3.8, 4) is 39.4 Å². The SMILES string of the molecule is COc1nc(-c2cccc(-c3cccc(-c4ccn5c(=O)c(CN(C)CCNC(=O)OC(C)(C)C)cnc5c4)c3Cl)c2Cl)ccc1CN(C)CCNC(=O)OC(C)(C)C. The fourth-order valence-corrected chi connectivity index (χ4v) is 6.93. The van der Waals surface area contributed by atoms with Gasteiger partial charge in [-0.3, -0.25) is 9.20 Å². The van der Waals surface area contributed by atoms with Crippen molar-refractivity contribution in [3.05, 3.63) is 105 Å². The monoisotopic (exact) mass is 845 g/mol. The Morgan fingerprint density at radius 3 is 1.83 bits per heavy atom. The van der Waals surface area contributed by atoms with Gasteiger partial charge in [0.1, 0.15) is 16.8 Å². The molecule has 3 aromatic heterocycles. The molecule has 59 heavy (non-hydrogen) atoms. The number of hydrogen-bond donors (Lipinski definition) is 2. The molecule has 0 fully saturated rings. The number of carbonyl (C=O) groups is 2. The topological polar surface area (TPSA) is 140 Å². The molecule has 0 saturated carbocycles. The van der Waals surface area contributed by atoms with Crippen LogP contribution in [-0.2, 0) is 22.6 Å². The number of methoxy groups -OCH3 is 1. The van der Waals surface area contributed by atoms with Crippen LogP contribution in [-0.4, -0.2) is 94.9 Å². The maximum Gasteiger partial charge on any atom is 0.407 e. The molecule has 0 saturated heterocycles. The lowest BCUT2D eigenvalue weighted by atomic mass is 9.97. The summed E-state index contributed by atoms with van der Waals surface area (Å²) < 4.78 is 17.8. The summed E-state index contributed by atoms with van der Waals surface area (Å²) in [5.41, 5.74) is 4.86. The minimum atomic E-state index is -0.579. The van der Waals surface area contributed by atoms with Crippen LogP contribution in [0.1, 0.15) is 52.7 Å². The summed E-state index contributed by atoms with van der Waals surface area (Å²) in [7, 11) is 5.40. The summed E-state index contributed by atoms with van der Waals surface area (Å²) in [4.78, 5) is 50.9. The third-order valence-electron chi connectivity index (χ3n) is 8.99. The van der Waals surface area contributed by atoms with E-state index in [0.29, 0.717) is 77.7 Å². The number of amides is 2. The molecular weight excluding hydrogens is 793 g/mol. The van der Waals surface area contributed by atoms with Gasteiger partial charge in [0.05, 0.1) is 28.4 Å². The van der Waals surface area contributed by atoms with E-state index in [1.807, 2.05) is 121 Å². The van der Waals surface area contributed by atoms with Gasteiger partial charge in [-0.2, -0.15) is 0 Å². The highest BCUT2D eigenvalue weighted by Gasteiger charge is 2.20. The van der Waals surface area contributed by atoms with Crippen LogP contribution < -0.4 is 20.9 Å². The standard InChI is InChI=1S/C44H53Cl2N7O6/c1-43(2,3)58-41(55)47-19-22-51(7)26-29-16-17-35(50-39(29)57-9)34-15-11-14-33(38(34)46)32-13-10-12-31(37(32)45)28-18-21-53-36(24-28)49-25-30(40(53)54)27-52(8)23-20-48-42(56)59-44(4,5)6/h10-18,21,24-25H,19-20,22-23,26-27H2,1-9H3,(H,47,55)(H,48,56). The van der Waals surface area contributed by atoms with Crippen molar-refractivity contribution in [2.75, 3.05) is 47.4 Å². The number of fused-ring (bicyclic) bond motifs is 1. The van der Waals surface area contributed by atoms with E-state index < -0.39 is 23.4 Å². The van der Waals surface area contributed by atoms with E-state index in [4.69, 9.17) is 42.4 Å². The number of halogens is 2. The summed E-state index contributed by atoms with van der Waals surface area (Å²) in [5.74, 6) is 0.465. The second-order valence-corrected chi connectivity index (χ2v) is 17.0. The van der Waals surface area contributed by atoms with Crippen LogP contribution in [0.4, 0.5) is 9.59 Å². The van der Waals surface area contributed by atoms with Gasteiger partial charge in [0.2, 0.25) is 5.88 Å². The number of carbonyl (C=O) groups excluding carboxylic acids is 2. The molecule has 15 heteroatoms. The normalized spacial score (nSPS) is 11.9. The molecule has 0 unspecified atom stereocenters. The van der Waals surface area contributed by atoms with Gasteiger partial charge in [-0.1, -0.05) is 65.7 Å². The smallest absolute Gasteiger partial charge is 0.407 e. The quantitative estimate of drug-likeness (QED) is 0.112. The van der Waals surface area contributed by atoms with E-state index >= 15 is 0 Å². The number of ether oxygens (including phenoxy) is 3. The molecule has 0 atom stereocenters. The number of nitrogens with zero attached hydrogens (tertiary/aromatic N) is 5. The number of aromatic nitrogens is 3. The molecule has 2 aromatic carbocycles. The van der Waals surface area contributed by atoms with Crippen molar-refractivity contribution < 1.29 is 23.8 Å². The second kappa shape index (κ2) is 19.2. The van der Waals surface area contributed by atoms with Gasteiger partial charge < -0.3 is 34.6 Å². The number of benzene rings is 2. The fraction of sp³-hybridized carbons (Fsp3) is 0.386. The summed E-state index contributed by atoms with van der Waals surface area (Å²) in [6.45, 7) is 13.7. The molecule has 0 bridgehead atoms. The first-order chi connectivity index (χ1) is 27.8. The zero-order valence-corrected chi connectivity index (χ0v) is 36.6. The van der Waals surface area contributed by atoms with Gasteiger partial charge in [0, 0.05) is 79.5 Å². The minimum Gasteiger partial charge on any atom is -0.481 e.